The van der Waals surface area contributed by atoms with Crippen LogP contribution in [0.1, 0.15) is 11.1 Å². The monoisotopic (exact) mass is 341 g/mol. The van der Waals surface area contributed by atoms with Gasteiger partial charge in [-0.05, 0) is 48.0 Å². The van der Waals surface area contributed by atoms with Crippen molar-refractivity contribution in [1.29, 1.82) is 0 Å². The van der Waals surface area contributed by atoms with E-state index in [1.54, 1.807) is 18.2 Å². The third-order valence-corrected chi connectivity index (χ3v) is 3.70. The summed E-state index contributed by atoms with van der Waals surface area (Å²) >= 11 is 0. The number of methoxy groups -OCH3 is 1. The van der Waals surface area contributed by atoms with Gasteiger partial charge < -0.3 is 18.9 Å². The second-order valence-corrected chi connectivity index (χ2v) is 5.30. The molecule has 126 valence electrons. The average Bonchev–Trinajstić information content (AvgIpc) is 3.22. The molecule has 25 heavy (non-hydrogen) atoms. The lowest BCUT2D eigenvalue weighted by Gasteiger charge is -2.05. The van der Waals surface area contributed by atoms with Crippen LogP contribution < -0.4 is 14.2 Å². The highest BCUT2D eigenvalue weighted by atomic mass is 19.1. The number of benzene rings is 2. The van der Waals surface area contributed by atoms with Crippen LogP contribution in [0.3, 0.4) is 0 Å². The van der Waals surface area contributed by atoms with E-state index in [0.29, 0.717) is 28.4 Å². The zero-order chi connectivity index (χ0) is 17.4. The number of rotatable bonds is 3. The molecule has 7 heteroatoms. The number of nitrogens with zero attached hydrogens (tertiary/aromatic N) is 1. The Morgan fingerprint density at radius 3 is 2.76 bits per heavy atom. The maximum Gasteiger partial charge on any atom is 0.363 e. The molecule has 0 saturated heterocycles. The molecule has 0 amide bonds. The second kappa shape index (κ2) is 5.94. The second-order valence-electron chi connectivity index (χ2n) is 5.30. The Labute approximate surface area is 142 Å². The number of carbonyl (C=O) groups is 1. The molecule has 0 saturated carbocycles. The van der Waals surface area contributed by atoms with Crippen LogP contribution in [0.25, 0.3) is 6.08 Å². The van der Waals surface area contributed by atoms with Crippen molar-refractivity contribution in [2.24, 2.45) is 4.99 Å². The van der Waals surface area contributed by atoms with Crippen LogP contribution in [0.15, 0.2) is 47.1 Å². The molecule has 0 N–H and O–H groups in total. The lowest BCUT2D eigenvalue weighted by atomic mass is 10.1. The van der Waals surface area contributed by atoms with Gasteiger partial charge in [-0.15, -0.1) is 0 Å². The highest BCUT2D eigenvalue weighted by Crippen LogP contribution is 2.42. The molecule has 0 bridgehead atoms. The zero-order valence-electron chi connectivity index (χ0n) is 13.1. The van der Waals surface area contributed by atoms with E-state index < -0.39 is 5.97 Å². The first kappa shape index (κ1) is 15.2. The van der Waals surface area contributed by atoms with Gasteiger partial charge in [0.25, 0.3) is 0 Å². The number of hydrogen-bond donors (Lipinski definition) is 0. The van der Waals surface area contributed by atoms with E-state index in [1.807, 2.05) is 0 Å². The Balaban J connectivity index is 1.69. The van der Waals surface area contributed by atoms with E-state index in [-0.39, 0.29) is 24.2 Å². The summed E-state index contributed by atoms with van der Waals surface area (Å²) in [5.74, 6) is 0.710. The van der Waals surface area contributed by atoms with Gasteiger partial charge in [0.2, 0.25) is 18.4 Å². The van der Waals surface area contributed by atoms with Gasteiger partial charge in [0, 0.05) is 5.56 Å². The predicted molar refractivity (Wildman–Crippen MR) is 86.1 cm³/mol. The molecule has 2 aliphatic heterocycles. The first-order valence-corrected chi connectivity index (χ1v) is 7.40. The normalized spacial score (nSPS) is 16.8. The third kappa shape index (κ3) is 2.80. The third-order valence-electron chi connectivity index (χ3n) is 3.70. The van der Waals surface area contributed by atoms with Crippen molar-refractivity contribution in [3.8, 4) is 17.2 Å². The highest BCUT2D eigenvalue weighted by Gasteiger charge is 2.25. The van der Waals surface area contributed by atoms with Crippen molar-refractivity contribution in [1.82, 2.24) is 0 Å². The number of hydrogen-bond acceptors (Lipinski definition) is 6. The predicted octanol–water partition coefficient (Wildman–Crippen LogP) is 2.91. The average molecular weight is 341 g/mol. The summed E-state index contributed by atoms with van der Waals surface area (Å²) in [5.41, 5.74) is 1.29. The molecule has 0 radical (unpaired) electrons. The van der Waals surface area contributed by atoms with Crippen LogP contribution in [0.5, 0.6) is 17.2 Å². The van der Waals surface area contributed by atoms with Gasteiger partial charge in [-0.3, -0.25) is 0 Å². The summed E-state index contributed by atoms with van der Waals surface area (Å²) in [6.45, 7) is 0.112. The number of halogens is 1. The Morgan fingerprint density at radius 1 is 1.20 bits per heavy atom. The Bertz CT molecular complexity index is 918. The lowest BCUT2D eigenvalue weighted by molar-refractivity contribution is -0.129. The zero-order valence-corrected chi connectivity index (χ0v) is 13.1. The minimum Gasteiger partial charge on any atom is -0.493 e. The van der Waals surface area contributed by atoms with Crippen molar-refractivity contribution < 1.29 is 28.1 Å². The molecule has 2 aliphatic rings. The number of aliphatic imine (C=N–C) groups is 1. The number of esters is 1. The smallest absolute Gasteiger partial charge is 0.363 e. The van der Waals surface area contributed by atoms with E-state index >= 15 is 0 Å². The molecule has 0 spiro atoms. The van der Waals surface area contributed by atoms with Gasteiger partial charge in [-0.2, -0.15) is 0 Å². The number of fused-ring (bicyclic) bond motifs is 1. The maximum atomic E-state index is 13.0. The fraction of sp³-hybridized carbons (Fsp3) is 0.111. The standard InChI is InChI=1S/C18H12FNO5/c1-22-14-7-10(8-15-16(14)24-9-23-15)6-13-18(21)25-17(20-13)11-2-4-12(19)5-3-11/h2-8H,9H2,1H3/b13-6-. The molecule has 0 fully saturated rings. The molecule has 0 aliphatic carbocycles. The summed E-state index contributed by atoms with van der Waals surface area (Å²) in [4.78, 5) is 16.2. The topological polar surface area (TPSA) is 66.4 Å². The number of carbonyl (C=O) groups excluding carboxylic acids is 1. The minimum atomic E-state index is -0.587. The molecule has 0 atom stereocenters. The van der Waals surface area contributed by atoms with Crippen molar-refractivity contribution >= 4 is 17.9 Å². The van der Waals surface area contributed by atoms with Gasteiger partial charge >= 0.3 is 5.97 Å². The van der Waals surface area contributed by atoms with Crippen molar-refractivity contribution in [2.75, 3.05) is 13.9 Å². The van der Waals surface area contributed by atoms with Crippen LogP contribution in [-0.2, 0) is 9.53 Å². The number of cyclic esters (lactones) is 1. The van der Waals surface area contributed by atoms with Gasteiger partial charge in [-0.1, -0.05) is 0 Å². The van der Waals surface area contributed by atoms with E-state index in [1.165, 1.54) is 31.4 Å². The van der Waals surface area contributed by atoms with Crippen molar-refractivity contribution in [3.63, 3.8) is 0 Å². The summed E-state index contributed by atoms with van der Waals surface area (Å²) in [6, 6.07) is 8.96. The minimum absolute atomic E-state index is 0.112. The quantitative estimate of drug-likeness (QED) is 0.634. The van der Waals surface area contributed by atoms with E-state index in [2.05, 4.69) is 4.99 Å². The van der Waals surface area contributed by atoms with E-state index in [9.17, 15) is 9.18 Å². The molecular formula is C18H12FNO5. The van der Waals surface area contributed by atoms with Crippen molar-refractivity contribution in [3.05, 3.63) is 59.0 Å². The van der Waals surface area contributed by atoms with Gasteiger partial charge in [-0.25, -0.2) is 14.2 Å². The molecule has 6 nitrogen and oxygen atoms in total. The van der Waals surface area contributed by atoms with Crippen LogP contribution in [0.2, 0.25) is 0 Å². The fourth-order valence-corrected chi connectivity index (χ4v) is 2.52. The Kier molecular flexibility index (Phi) is 3.61. The molecule has 2 aromatic rings. The molecular weight excluding hydrogens is 329 g/mol. The highest BCUT2D eigenvalue weighted by molar-refractivity contribution is 6.12. The van der Waals surface area contributed by atoms with Crippen LogP contribution >= 0.6 is 0 Å². The van der Waals surface area contributed by atoms with Crippen LogP contribution in [0, 0.1) is 5.82 Å². The molecule has 0 unspecified atom stereocenters. The van der Waals surface area contributed by atoms with Crippen LogP contribution in [-0.4, -0.2) is 25.8 Å². The van der Waals surface area contributed by atoms with Crippen molar-refractivity contribution in [2.45, 2.75) is 0 Å². The summed E-state index contributed by atoms with van der Waals surface area (Å²) in [7, 11) is 1.52. The molecule has 0 aromatic heterocycles. The largest absolute Gasteiger partial charge is 0.493 e. The SMILES string of the molecule is COc1cc(/C=C2\N=C(c3ccc(F)cc3)OC2=O)cc2c1OCO2. The van der Waals surface area contributed by atoms with Gasteiger partial charge in [0.05, 0.1) is 7.11 Å². The first-order valence-electron chi connectivity index (χ1n) is 7.40. The lowest BCUT2D eigenvalue weighted by Crippen LogP contribution is -2.05. The molecule has 2 aromatic carbocycles. The molecule has 2 heterocycles. The summed E-state index contributed by atoms with van der Waals surface area (Å²) in [6.07, 6.45) is 1.56. The summed E-state index contributed by atoms with van der Waals surface area (Å²) < 4.78 is 34.1. The Morgan fingerprint density at radius 2 is 2.00 bits per heavy atom. The first-order chi connectivity index (χ1) is 12.1. The van der Waals surface area contributed by atoms with Gasteiger partial charge in [0.1, 0.15) is 5.82 Å². The number of ether oxygens (including phenoxy) is 4. The Hall–Kier alpha value is -3.35. The van der Waals surface area contributed by atoms with Crippen LogP contribution in [0.4, 0.5) is 4.39 Å². The van der Waals surface area contributed by atoms with E-state index in [0.717, 1.165) is 0 Å². The molecule has 4 rings (SSSR count). The maximum absolute atomic E-state index is 13.0. The van der Waals surface area contributed by atoms with Gasteiger partial charge in [0.15, 0.2) is 17.2 Å². The van der Waals surface area contributed by atoms with E-state index in [4.69, 9.17) is 18.9 Å². The summed E-state index contributed by atoms with van der Waals surface area (Å²) in [5, 5.41) is 0. The fourth-order valence-electron chi connectivity index (χ4n) is 2.52.